The predicted molar refractivity (Wildman–Crippen MR) is 118 cm³/mol. The molecule has 1 fully saturated rings. The van der Waals surface area contributed by atoms with Crippen LogP contribution in [0, 0.1) is 0 Å². The molecule has 3 aromatic rings. The summed E-state index contributed by atoms with van der Waals surface area (Å²) in [6.07, 6.45) is 0. The van der Waals surface area contributed by atoms with Crippen LogP contribution in [0.5, 0.6) is 5.75 Å². The summed E-state index contributed by atoms with van der Waals surface area (Å²) in [5.41, 5.74) is 2.16. The van der Waals surface area contributed by atoms with Crippen molar-refractivity contribution in [1.29, 1.82) is 0 Å². The number of anilines is 3. The zero-order valence-electron chi connectivity index (χ0n) is 16.2. The molecule has 1 saturated heterocycles. The number of methoxy groups -OCH3 is 1. The molecule has 1 heterocycles. The lowest BCUT2D eigenvalue weighted by Gasteiger charge is -2.38. The number of hydrogen-bond donors (Lipinski definition) is 1. The van der Waals surface area contributed by atoms with Crippen molar-refractivity contribution in [3.63, 3.8) is 0 Å². The molecule has 150 valence electrons. The third-order valence-electron chi connectivity index (χ3n) is 5.28. The number of nitrogens with one attached hydrogen (secondary N) is 1. The zero-order valence-corrected chi connectivity index (χ0v) is 16.9. The summed E-state index contributed by atoms with van der Waals surface area (Å²) in [5, 5.41) is 3.85. The number of rotatable bonds is 6. The van der Waals surface area contributed by atoms with Gasteiger partial charge in [-0.25, -0.2) is 0 Å². The Bertz CT molecular complexity index is 1070. The first kappa shape index (κ1) is 19.3. The molecule has 0 bridgehead atoms. The number of halogens is 1. The van der Waals surface area contributed by atoms with Crippen molar-refractivity contribution < 1.29 is 4.74 Å². The van der Waals surface area contributed by atoms with E-state index in [4.69, 9.17) is 16.3 Å². The van der Waals surface area contributed by atoms with Crippen LogP contribution in [0.2, 0.25) is 5.02 Å². The topological polar surface area (TPSA) is 61.9 Å². The molecule has 0 amide bonds. The summed E-state index contributed by atoms with van der Waals surface area (Å²) in [6, 6.07) is 15.4. The number of nitrogens with zero attached hydrogens (tertiary/aromatic N) is 2. The Kier molecular flexibility index (Phi) is 5.45. The van der Waals surface area contributed by atoms with E-state index in [0.717, 1.165) is 30.1 Å². The summed E-state index contributed by atoms with van der Waals surface area (Å²) in [4.78, 5) is 28.6. The van der Waals surface area contributed by atoms with Crippen molar-refractivity contribution in [1.82, 2.24) is 0 Å². The molecule has 1 N–H and O–H groups in total. The van der Waals surface area contributed by atoms with Gasteiger partial charge in [0.15, 0.2) is 0 Å². The lowest BCUT2D eigenvalue weighted by atomic mass is 10.1. The molecule has 0 aliphatic carbocycles. The molecule has 0 radical (unpaired) electrons. The van der Waals surface area contributed by atoms with Crippen molar-refractivity contribution >= 4 is 28.7 Å². The van der Waals surface area contributed by atoms with Crippen molar-refractivity contribution in [3.05, 3.63) is 79.6 Å². The van der Waals surface area contributed by atoms with Gasteiger partial charge in [-0.15, -0.1) is 0 Å². The minimum Gasteiger partial charge on any atom is -0.497 e. The number of hydrogen-bond acceptors (Lipinski definition) is 6. The van der Waals surface area contributed by atoms with E-state index in [2.05, 4.69) is 10.2 Å². The van der Waals surface area contributed by atoms with E-state index in [1.807, 2.05) is 53.4 Å². The van der Waals surface area contributed by atoms with Crippen LogP contribution in [0.3, 0.4) is 0 Å². The maximum atomic E-state index is 12.2. The fraction of sp³-hybridized carbons (Fsp3) is 0.273. The van der Waals surface area contributed by atoms with Crippen LogP contribution in [0.25, 0.3) is 0 Å². The highest BCUT2D eigenvalue weighted by atomic mass is 35.5. The van der Waals surface area contributed by atoms with Gasteiger partial charge in [0.05, 0.1) is 7.11 Å². The standard InChI is InChI=1S/C22H22ClN3O3/c1-29-18-7-5-15(6-8-18)14-24-19-20(22(28)21(19)27)26-11-9-25(10-12-26)17-4-2-3-16(23)13-17/h2-8,13,24H,9-12,14H2,1H3. The van der Waals surface area contributed by atoms with E-state index in [1.54, 1.807) is 7.11 Å². The molecule has 1 aliphatic rings. The van der Waals surface area contributed by atoms with Crippen molar-refractivity contribution in [2.45, 2.75) is 6.54 Å². The highest BCUT2D eigenvalue weighted by Gasteiger charge is 2.28. The second-order valence-electron chi connectivity index (χ2n) is 7.04. The summed E-state index contributed by atoms with van der Waals surface area (Å²) >= 11 is 6.09. The molecular formula is C22H22ClN3O3. The Labute approximate surface area is 174 Å². The molecule has 6 nitrogen and oxygen atoms in total. The summed E-state index contributed by atoms with van der Waals surface area (Å²) in [7, 11) is 1.62. The van der Waals surface area contributed by atoms with Gasteiger partial charge in [0.25, 0.3) is 10.9 Å². The highest BCUT2D eigenvalue weighted by molar-refractivity contribution is 6.30. The smallest absolute Gasteiger partial charge is 0.253 e. The van der Waals surface area contributed by atoms with Crippen molar-refractivity contribution in [2.24, 2.45) is 0 Å². The van der Waals surface area contributed by atoms with E-state index in [-0.39, 0.29) is 0 Å². The minimum atomic E-state index is -0.439. The van der Waals surface area contributed by atoms with Gasteiger partial charge in [0.2, 0.25) is 0 Å². The first-order chi connectivity index (χ1) is 14.1. The average molecular weight is 412 g/mol. The largest absolute Gasteiger partial charge is 0.497 e. The van der Waals surface area contributed by atoms with Crippen LogP contribution in [-0.2, 0) is 6.54 Å². The third kappa shape index (κ3) is 3.93. The highest BCUT2D eigenvalue weighted by Crippen LogP contribution is 2.25. The van der Waals surface area contributed by atoms with Crippen LogP contribution in [-0.4, -0.2) is 33.3 Å². The van der Waals surface area contributed by atoms with Crippen LogP contribution in [0.4, 0.5) is 17.1 Å². The minimum absolute atomic E-state index is 0.404. The summed E-state index contributed by atoms with van der Waals surface area (Å²) in [5.74, 6) is 0.779. The van der Waals surface area contributed by atoms with E-state index >= 15 is 0 Å². The molecule has 0 spiro atoms. The Morgan fingerprint density at radius 2 is 1.66 bits per heavy atom. The van der Waals surface area contributed by atoms with Crippen LogP contribution in [0.15, 0.2) is 58.1 Å². The molecule has 3 aromatic carbocycles. The molecule has 0 unspecified atom stereocenters. The molecule has 0 atom stereocenters. The van der Waals surface area contributed by atoms with Gasteiger partial charge in [-0.2, -0.15) is 0 Å². The number of benzene rings is 2. The van der Waals surface area contributed by atoms with Gasteiger partial charge < -0.3 is 19.9 Å². The Morgan fingerprint density at radius 1 is 0.966 bits per heavy atom. The zero-order chi connectivity index (χ0) is 20.4. The predicted octanol–water partition coefficient (Wildman–Crippen LogP) is 2.88. The van der Waals surface area contributed by atoms with E-state index in [1.165, 1.54) is 0 Å². The second kappa shape index (κ2) is 8.17. The first-order valence-corrected chi connectivity index (χ1v) is 9.90. The number of ether oxygens (including phenoxy) is 1. The van der Waals surface area contributed by atoms with Gasteiger partial charge >= 0.3 is 0 Å². The first-order valence-electron chi connectivity index (χ1n) is 9.52. The lowest BCUT2D eigenvalue weighted by molar-refractivity contribution is 0.414. The average Bonchev–Trinajstić information content (AvgIpc) is 2.76. The van der Waals surface area contributed by atoms with Crippen molar-refractivity contribution in [3.8, 4) is 5.75 Å². The third-order valence-corrected chi connectivity index (χ3v) is 5.52. The van der Waals surface area contributed by atoms with Crippen LogP contribution >= 0.6 is 11.6 Å². The molecule has 29 heavy (non-hydrogen) atoms. The fourth-order valence-corrected chi connectivity index (χ4v) is 3.82. The molecule has 4 rings (SSSR count). The SMILES string of the molecule is COc1ccc(CNc2c(N3CCN(c4cccc(Cl)c4)CC3)c(=O)c2=O)cc1. The second-order valence-corrected chi connectivity index (χ2v) is 7.47. The fourth-order valence-electron chi connectivity index (χ4n) is 3.64. The van der Waals surface area contributed by atoms with E-state index < -0.39 is 10.9 Å². The van der Waals surface area contributed by atoms with Gasteiger partial charge in [-0.1, -0.05) is 29.8 Å². The van der Waals surface area contributed by atoms with Gasteiger partial charge in [0.1, 0.15) is 17.1 Å². The normalized spacial score (nSPS) is 14.3. The molecule has 0 aromatic heterocycles. The van der Waals surface area contributed by atoms with Gasteiger partial charge in [0, 0.05) is 43.4 Å². The van der Waals surface area contributed by atoms with Crippen LogP contribution in [0.1, 0.15) is 5.56 Å². The number of piperazine rings is 1. The Balaban J connectivity index is 1.41. The molecular weight excluding hydrogens is 390 g/mol. The molecule has 1 aliphatic heterocycles. The quantitative estimate of drug-likeness (QED) is 0.629. The summed E-state index contributed by atoms with van der Waals surface area (Å²) < 4.78 is 5.16. The van der Waals surface area contributed by atoms with Gasteiger partial charge in [-0.3, -0.25) is 9.59 Å². The van der Waals surface area contributed by atoms with E-state index in [0.29, 0.717) is 36.0 Å². The van der Waals surface area contributed by atoms with E-state index in [9.17, 15) is 9.59 Å². The van der Waals surface area contributed by atoms with Crippen molar-refractivity contribution in [2.75, 3.05) is 48.4 Å². The molecule has 0 saturated carbocycles. The Hall–Kier alpha value is -2.99. The van der Waals surface area contributed by atoms with Gasteiger partial charge in [-0.05, 0) is 35.9 Å². The lowest BCUT2D eigenvalue weighted by Crippen LogP contribution is -2.51. The maximum absolute atomic E-state index is 12.2. The molecule has 7 heteroatoms. The van der Waals surface area contributed by atoms with Crippen LogP contribution < -0.4 is 30.7 Å². The maximum Gasteiger partial charge on any atom is 0.253 e. The Morgan fingerprint density at radius 3 is 2.31 bits per heavy atom. The summed E-state index contributed by atoms with van der Waals surface area (Å²) in [6.45, 7) is 3.35. The monoisotopic (exact) mass is 411 g/mol.